The quantitative estimate of drug-likeness (QED) is 0.321. The summed E-state index contributed by atoms with van der Waals surface area (Å²) in [6, 6.07) is 0. The molecule has 0 aliphatic rings. The van der Waals surface area contributed by atoms with Crippen LogP contribution in [0.4, 0.5) is 0 Å². The van der Waals surface area contributed by atoms with Crippen LogP contribution in [-0.2, 0) is 4.89 Å². The van der Waals surface area contributed by atoms with Crippen molar-refractivity contribution >= 4 is 0 Å². The van der Waals surface area contributed by atoms with Gasteiger partial charge >= 0.3 is 0 Å². The Balaban J connectivity index is 3.05. The smallest absolute Gasteiger partial charge is 0.0820 e. The summed E-state index contributed by atoms with van der Waals surface area (Å²) in [5.74, 6) is 0. The summed E-state index contributed by atoms with van der Waals surface area (Å²) in [7, 11) is 2.11. The van der Waals surface area contributed by atoms with Crippen molar-refractivity contribution in [1.29, 1.82) is 0 Å². The molecule has 0 bridgehead atoms. The van der Waals surface area contributed by atoms with E-state index >= 15 is 0 Å². The predicted octanol–water partition coefficient (Wildman–Crippen LogP) is 0.797. The summed E-state index contributed by atoms with van der Waals surface area (Å²) in [6.45, 7) is 6.78. The molecule has 0 atom stereocenters. The van der Waals surface area contributed by atoms with Crippen LogP contribution < -0.4 is 5.32 Å². The molecule has 0 amide bonds. The molecule has 0 saturated carbocycles. The molecule has 80 valence electrons. The third-order valence-electron chi connectivity index (χ3n) is 1.95. The molecular weight excluding hydrogens is 168 g/mol. The number of likely N-dealkylation sites (N-methyl/N-ethyl adjacent to an activating group) is 2. The first-order chi connectivity index (χ1) is 6.31. The molecule has 0 radical (unpaired) electrons. The average molecular weight is 190 g/mol. The fraction of sp³-hybridized carbons (Fsp3) is 1.00. The van der Waals surface area contributed by atoms with Gasteiger partial charge in [-0.1, -0.05) is 6.92 Å². The number of rotatable bonds is 9. The van der Waals surface area contributed by atoms with Gasteiger partial charge in [0.1, 0.15) is 0 Å². The first-order valence-electron chi connectivity index (χ1n) is 4.97. The van der Waals surface area contributed by atoms with Crippen LogP contribution in [0.25, 0.3) is 0 Å². The van der Waals surface area contributed by atoms with Gasteiger partial charge in [0, 0.05) is 13.1 Å². The van der Waals surface area contributed by atoms with Crippen molar-refractivity contribution in [3.63, 3.8) is 0 Å². The van der Waals surface area contributed by atoms with Gasteiger partial charge in [-0.3, -0.25) is 5.26 Å². The lowest BCUT2D eigenvalue weighted by Gasteiger charge is -2.16. The fourth-order valence-corrected chi connectivity index (χ4v) is 1.11. The van der Waals surface area contributed by atoms with Gasteiger partial charge in [0.2, 0.25) is 0 Å². The SMILES string of the molecule is CCNCCN(C)CCCCOO. The monoisotopic (exact) mass is 190 g/mol. The standard InChI is InChI=1S/C9H22N2O2/c1-3-10-6-8-11(2)7-4-5-9-13-12/h10,12H,3-9H2,1-2H3. The Hall–Kier alpha value is -0.160. The van der Waals surface area contributed by atoms with Crippen LogP contribution >= 0.6 is 0 Å². The number of nitrogens with zero attached hydrogens (tertiary/aromatic N) is 1. The van der Waals surface area contributed by atoms with Crippen LogP contribution in [0.2, 0.25) is 0 Å². The van der Waals surface area contributed by atoms with Crippen LogP contribution in [0.15, 0.2) is 0 Å². The van der Waals surface area contributed by atoms with Crippen LogP contribution in [0.5, 0.6) is 0 Å². The van der Waals surface area contributed by atoms with E-state index in [1.807, 2.05) is 0 Å². The van der Waals surface area contributed by atoms with E-state index in [2.05, 4.69) is 29.1 Å². The average Bonchev–Trinajstić information content (AvgIpc) is 2.13. The molecule has 0 aromatic heterocycles. The molecular formula is C9H22N2O2. The minimum atomic E-state index is 0.445. The predicted molar refractivity (Wildman–Crippen MR) is 53.9 cm³/mol. The molecule has 0 saturated heterocycles. The lowest BCUT2D eigenvalue weighted by Crippen LogP contribution is -2.29. The van der Waals surface area contributed by atoms with Crippen LogP contribution in [0.3, 0.4) is 0 Å². The van der Waals surface area contributed by atoms with E-state index in [9.17, 15) is 0 Å². The molecule has 2 N–H and O–H groups in total. The van der Waals surface area contributed by atoms with Gasteiger partial charge in [-0.2, -0.15) is 0 Å². The molecule has 4 heteroatoms. The summed E-state index contributed by atoms with van der Waals surface area (Å²) in [4.78, 5) is 6.27. The van der Waals surface area contributed by atoms with Gasteiger partial charge in [0.25, 0.3) is 0 Å². The van der Waals surface area contributed by atoms with Gasteiger partial charge in [0.15, 0.2) is 0 Å². The Morgan fingerprint density at radius 1 is 1.31 bits per heavy atom. The summed E-state index contributed by atoms with van der Waals surface area (Å²) in [5.41, 5.74) is 0. The topological polar surface area (TPSA) is 44.7 Å². The largest absolute Gasteiger partial charge is 0.316 e. The Labute approximate surface area is 80.8 Å². The van der Waals surface area contributed by atoms with Crippen molar-refractivity contribution < 1.29 is 10.1 Å². The van der Waals surface area contributed by atoms with Gasteiger partial charge < -0.3 is 10.2 Å². The van der Waals surface area contributed by atoms with E-state index in [4.69, 9.17) is 5.26 Å². The van der Waals surface area contributed by atoms with Crippen molar-refractivity contribution in [1.82, 2.24) is 10.2 Å². The van der Waals surface area contributed by atoms with Crippen molar-refractivity contribution in [3.05, 3.63) is 0 Å². The zero-order valence-electron chi connectivity index (χ0n) is 8.75. The molecule has 0 fully saturated rings. The Kier molecular flexibility index (Phi) is 9.80. The third-order valence-corrected chi connectivity index (χ3v) is 1.95. The lowest BCUT2D eigenvalue weighted by atomic mass is 10.3. The summed E-state index contributed by atoms with van der Waals surface area (Å²) >= 11 is 0. The summed E-state index contributed by atoms with van der Waals surface area (Å²) in [6.07, 6.45) is 1.99. The van der Waals surface area contributed by atoms with E-state index in [0.717, 1.165) is 39.0 Å². The highest BCUT2D eigenvalue weighted by atomic mass is 17.1. The van der Waals surface area contributed by atoms with E-state index in [0.29, 0.717) is 6.61 Å². The normalized spacial score (nSPS) is 11.1. The molecule has 0 aliphatic carbocycles. The molecule has 0 spiro atoms. The highest BCUT2D eigenvalue weighted by molar-refractivity contribution is 4.53. The van der Waals surface area contributed by atoms with Crippen molar-refractivity contribution in [3.8, 4) is 0 Å². The molecule has 0 aromatic rings. The third kappa shape index (κ3) is 9.76. The fourth-order valence-electron chi connectivity index (χ4n) is 1.11. The maximum absolute atomic E-state index is 8.08. The second-order valence-corrected chi connectivity index (χ2v) is 3.20. The van der Waals surface area contributed by atoms with Gasteiger partial charge in [-0.25, -0.2) is 4.89 Å². The maximum Gasteiger partial charge on any atom is 0.0820 e. The Bertz CT molecular complexity index is 102. The highest BCUT2D eigenvalue weighted by Crippen LogP contribution is 1.92. The number of unbranched alkanes of at least 4 members (excludes halogenated alkanes) is 1. The molecule has 0 aromatic carbocycles. The molecule has 13 heavy (non-hydrogen) atoms. The summed E-state index contributed by atoms with van der Waals surface area (Å²) < 4.78 is 0. The zero-order valence-corrected chi connectivity index (χ0v) is 8.75. The van der Waals surface area contributed by atoms with Gasteiger partial charge in [-0.15, -0.1) is 0 Å². The molecule has 0 unspecified atom stereocenters. The highest BCUT2D eigenvalue weighted by Gasteiger charge is 1.96. The number of hydrogen-bond acceptors (Lipinski definition) is 4. The Morgan fingerprint density at radius 3 is 2.69 bits per heavy atom. The minimum Gasteiger partial charge on any atom is -0.316 e. The second-order valence-electron chi connectivity index (χ2n) is 3.20. The van der Waals surface area contributed by atoms with Crippen LogP contribution in [0.1, 0.15) is 19.8 Å². The van der Waals surface area contributed by atoms with E-state index in [1.165, 1.54) is 0 Å². The first kappa shape index (κ1) is 12.8. The van der Waals surface area contributed by atoms with Gasteiger partial charge in [-0.05, 0) is 33.0 Å². The summed E-state index contributed by atoms with van der Waals surface area (Å²) in [5, 5.41) is 11.4. The molecule has 4 nitrogen and oxygen atoms in total. The number of nitrogens with one attached hydrogen (secondary N) is 1. The van der Waals surface area contributed by atoms with Crippen molar-refractivity contribution in [2.24, 2.45) is 0 Å². The van der Waals surface area contributed by atoms with Crippen molar-refractivity contribution in [2.75, 3.05) is 39.8 Å². The second kappa shape index (κ2) is 9.92. The van der Waals surface area contributed by atoms with Crippen molar-refractivity contribution in [2.45, 2.75) is 19.8 Å². The van der Waals surface area contributed by atoms with E-state index in [1.54, 1.807) is 0 Å². The zero-order chi connectivity index (χ0) is 9.94. The van der Waals surface area contributed by atoms with E-state index < -0.39 is 0 Å². The number of hydrogen-bond donors (Lipinski definition) is 2. The molecule has 0 heterocycles. The maximum atomic E-state index is 8.08. The minimum absolute atomic E-state index is 0.445. The van der Waals surface area contributed by atoms with Crippen LogP contribution in [-0.4, -0.2) is 50.0 Å². The molecule has 0 rings (SSSR count). The van der Waals surface area contributed by atoms with Crippen LogP contribution in [0, 0.1) is 0 Å². The van der Waals surface area contributed by atoms with E-state index in [-0.39, 0.29) is 0 Å². The lowest BCUT2D eigenvalue weighted by molar-refractivity contribution is -0.242. The Morgan fingerprint density at radius 2 is 2.08 bits per heavy atom. The molecule has 0 aliphatic heterocycles. The first-order valence-corrected chi connectivity index (χ1v) is 4.97. The van der Waals surface area contributed by atoms with Gasteiger partial charge in [0.05, 0.1) is 6.61 Å².